The Morgan fingerprint density at radius 2 is 1.43 bits per heavy atom. The van der Waals surface area contributed by atoms with Crippen molar-refractivity contribution in [3.63, 3.8) is 0 Å². The van der Waals surface area contributed by atoms with Crippen LogP contribution in [0.3, 0.4) is 0 Å². The first kappa shape index (κ1) is 23.3. The van der Waals surface area contributed by atoms with E-state index in [0.29, 0.717) is 6.54 Å². The summed E-state index contributed by atoms with van der Waals surface area (Å²) in [6, 6.07) is 29.0. The number of nitrogens with zero attached hydrogens (tertiary/aromatic N) is 4. The monoisotopic (exact) mass is 466 g/mol. The lowest BCUT2D eigenvalue weighted by Crippen LogP contribution is -2.20. The molecule has 1 aromatic heterocycles. The highest BCUT2D eigenvalue weighted by molar-refractivity contribution is 5.78. The lowest BCUT2D eigenvalue weighted by molar-refractivity contribution is 0.290. The molecule has 0 atom stereocenters. The third-order valence-electron chi connectivity index (χ3n) is 6.67. The van der Waals surface area contributed by atoms with Crippen molar-refractivity contribution in [2.75, 3.05) is 26.2 Å². The Labute approximate surface area is 208 Å². The van der Waals surface area contributed by atoms with Gasteiger partial charge in [-0.3, -0.25) is 0 Å². The van der Waals surface area contributed by atoms with E-state index in [-0.39, 0.29) is 0 Å². The van der Waals surface area contributed by atoms with E-state index in [1.807, 2.05) is 28.9 Å². The van der Waals surface area contributed by atoms with Crippen molar-refractivity contribution < 1.29 is 4.74 Å². The van der Waals surface area contributed by atoms with E-state index in [0.717, 1.165) is 41.3 Å². The number of rotatable bonds is 11. The Balaban J connectivity index is 1.25. The van der Waals surface area contributed by atoms with Gasteiger partial charge in [-0.05, 0) is 81.6 Å². The molecule has 3 aromatic carbocycles. The highest BCUT2D eigenvalue weighted by Gasteiger charge is 2.17. The average molecular weight is 467 g/mol. The smallest absolute Gasteiger partial charge is 0.121 e. The van der Waals surface area contributed by atoms with Gasteiger partial charge in [0.2, 0.25) is 0 Å². The summed E-state index contributed by atoms with van der Waals surface area (Å²) < 4.78 is 8.03. The van der Waals surface area contributed by atoms with Crippen molar-refractivity contribution >= 4 is 0 Å². The summed E-state index contributed by atoms with van der Waals surface area (Å²) in [4.78, 5) is 2.58. The molecule has 4 aromatic rings. The van der Waals surface area contributed by atoms with Gasteiger partial charge in [0, 0.05) is 11.1 Å². The molecule has 1 saturated heterocycles. The van der Waals surface area contributed by atoms with E-state index < -0.39 is 0 Å². The summed E-state index contributed by atoms with van der Waals surface area (Å²) >= 11 is 0. The number of aromatic nitrogens is 3. The van der Waals surface area contributed by atoms with E-state index in [4.69, 9.17) is 4.74 Å². The molecule has 0 bridgehead atoms. The van der Waals surface area contributed by atoms with Crippen molar-refractivity contribution in [1.29, 1.82) is 0 Å². The lowest BCUT2D eigenvalue weighted by atomic mass is 10.0. The first-order valence-electron chi connectivity index (χ1n) is 12.9. The maximum Gasteiger partial charge on any atom is 0.121 e. The van der Waals surface area contributed by atoms with Crippen LogP contribution in [-0.4, -0.2) is 46.1 Å². The summed E-state index contributed by atoms with van der Waals surface area (Å²) in [5, 5.41) is 9.09. The van der Waals surface area contributed by atoms with E-state index in [9.17, 15) is 0 Å². The van der Waals surface area contributed by atoms with Gasteiger partial charge in [0.15, 0.2) is 0 Å². The molecule has 0 aliphatic carbocycles. The van der Waals surface area contributed by atoms with Crippen LogP contribution in [0, 0.1) is 0 Å². The van der Waals surface area contributed by atoms with Gasteiger partial charge < -0.3 is 9.64 Å². The molecule has 5 nitrogen and oxygen atoms in total. The molecule has 1 fully saturated rings. The minimum Gasteiger partial charge on any atom is -0.494 e. The second-order valence-electron chi connectivity index (χ2n) is 9.28. The highest BCUT2D eigenvalue weighted by Crippen LogP contribution is 2.31. The normalized spacial score (nSPS) is 13.8. The number of unbranched alkanes of at least 4 members (excludes halogenated alkanes) is 2. The largest absolute Gasteiger partial charge is 0.494 e. The molecule has 35 heavy (non-hydrogen) atoms. The molecule has 0 amide bonds. The predicted octanol–water partition coefficient (Wildman–Crippen LogP) is 6.31. The van der Waals surface area contributed by atoms with Gasteiger partial charge in [0.25, 0.3) is 0 Å². The zero-order valence-electron chi connectivity index (χ0n) is 20.4. The highest BCUT2D eigenvalue weighted by atomic mass is 16.5. The Hall–Kier alpha value is -3.44. The van der Waals surface area contributed by atoms with Gasteiger partial charge in [0.05, 0.1) is 18.8 Å². The van der Waals surface area contributed by atoms with Crippen molar-refractivity contribution in [2.24, 2.45) is 0 Å². The maximum absolute atomic E-state index is 6.04. The third kappa shape index (κ3) is 6.17. The minimum absolute atomic E-state index is 0.672. The van der Waals surface area contributed by atoms with Gasteiger partial charge in [-0.25, -0.2) is 4.68 Å². The maximum atomic E-state index is 6.04. The number of likely N-dealkylation sites (tertiary alicyclic amines) is 1. The molecule has 0 spiro atoms. The van der Waals surface area contributed by atoms with Crippen molar-refractivity contribution in [2.45, 2.75) is 38.6 Å². The van der Waals surface area contributed by atoms with Gasteiger partial charge in [-0.15, -0.1) is 5.10 Å². The molecule has 5 rings (SSSR count). The van der Waals surface area contributed by atoms with Crippen LogP contribution in [0.5, 0.6) is 5.75 Å². The second kappa shape index (κ2) is 11.8. The van der Waals surface area contributed by atoms with E-state index in [2.05, 4.69) is 75.9 Å². The fraction of sp³-hybridized carbons (Fsp3) is 0.333. The van der Waals surface area contributed by atoms with Crippen LogP contribution < -0.4 is 4.74 Å². The van der Waals surface area contributed by atoms with Crippen LogP contribution in [0.1, 0.15) is 37.7 Å². The number of ether oxygens (including phenoxy) is 1. The summed E-state index contributed by atoms with van der Waals surface area (Å²) in [7, 11) is 0. The van der Waals surface area contributed by atoms with Crippen LogP contribution in [0.25, 0.3) is 22.5 Å². The van der Waals surface area contributed by atoms with Crippen molar-refractivity contribution in [3.8, 4) is 28.3 Å². The average Bonchev–Trinajstić information content (AvgIpc) is 3.58. The molecule has 2 heterocycles. The summed E-state index contributed by atoms with van der Waals surface area (Å²) in [6.07, 6.45) is 6.33. The predicted molar refractivity (Wildman–Crippen MR) is 141 cm³/mol. The molecule has 180 valence electrons. The van der Waals surface area contributed by atoms with Crippen LogP contribution in [-0.2, 0) is 6.54 Å². The zero-order chi connectivity index (χ0) is 23.7. The molecular formula is C30H34N4O. The molecule has 1 aliphatic heterocycles. The van der Waals surface area contributed by atoms with Crippen LogP contribution in [0.4, 0.5) is 0 Å². The number of hydrogen-bond donors (Lipinski definition) is 0. The topological polar surface area (TPSA) is 43.2 Å². The standard InChI is InChI=1S/C30H34N4O/c1-4-12-25(13-5-1)24-34-30(29(31-32-34)26-14-6-2-7-15-26)27-16-18-28(19-17-27)35-23-11-3-8-20-33-21-9-10-22-33/h1-2,4-7,12-19H,3,8-11,20-24H2. The Kier molecular flexibility index (Phi) is 7.86. The number of benzene rings is 3. The van der Waals surface area contributed by atoms with Crippen LogP contribution in [0.15, 0.2) is 84.9 Å². The van der Waals surface area contributed by atoms with Crippen LogP contribution >= 0.6 is 0 Å². The second-order valence-corrected chi connectivity index (χ2v) is 9.28. The zero-order valence-corrected chi connectivity index (χ0v) is 20.4. The van der Waals surface area contributed by atoms with Gasteiger partial charge in [0.1, 0.15) is 11.4 Å². The quantitative estimate of drug-likeness (QED) is 0.243. The Morgan fingerprint density at radius 1 is 0.714 bits per heavy atom. The minimum atomic E-state index is 0.672. The third-order valence-corrected chi connectivity index (χ3v) is 6.67. The fourth-order valence-corrected chi connectivity index (χ4v) is 4.78. The Bertz CT molecular complexity index is 1170. The lowest BCUT2D eigenvalue weighted by Gasteiger charge is -2.14. The van der Waals surface area contributed by atoms with Crippen LogP contribution in [0.2, 0.25) is 0 Å². The molecule has 0 saturated carbocycles. The van der Waals surface area contributed by atoms with Gasteiger partial charge in [-0.2, -0.15) is 0 Å². The van der Waals surface area contributed by atoms with Crippen molar-refractivity contribution in [1.82, 2.24) is 19.9 Å². The SMILES string of the molecule is c1ccc(Cn2nnc(-c3ccccc3)c2-c2ccc(OCCCCCN3CCCC3)cc2)cc1. The molecule has 0 unspecified atom stereocenters. The van der Waals surface area contributed by atoms with Gasteiger partial charge in [-0.1, -0.05) is 65.9 Å². The molecule has 0 radical (unpaired) electrons. The van der Waals surface area contributed by atoms with E-state index in [1.54, 1.807) is 0 Å². The van der Waals surface area contributed by atoms with E-state index >= 15 is 0 Å². The first-order chi connectivity index (χ1) is 17.4. The molecule has 0 N–H and O–H groups in total. The Morgan fingerprint density at radius 3 is 2.17 bits per heavy atom. The number of hydrogen-bond acceptors (Lipinski definition) is 4. The summed E-state index contributed by atoms with van der Waals surface area (Å²) in [5.41, 5.74) is 5.27. The van der Waals surface area contributed by atoms with Crippen molar-refractivity contribution in [3.05, 3.63) is 90.5 Å². The van der Waals surface area contributed by atoms with Gasteiger partial charge >= 0.3 is 0 Å². The first-order valence-corrected chi connectivity index (χ1v) is 12.9. The molecule has 5 heteroatoms. The summed E-state index contributed by atoms with van der Waals surface area (Å²) in [6.45, 7) is 5.25. The van der Waals surface area contributed by atoms with E-state index in [1.165, 1.54) is 50.9 Å². The summed E-state index contributed by atoms with van der Waals surface area (Å²) in [5.74, 6) is 0.914. The molecule has 1 aliphatic rings. The molecular weight excluding hydrogens is 432 g/mol. The fourth-order valence-electron chi connectivity index (χ4n) is 4.78.